The van der Waals surface area contributed by atoms with E-state index in [0.717, 1.165) is 12.8 Å². The van der Waals surface area contributed by atoms with Gasteiger partial charge in [0.05, 0.1) is 15.8 Å². The number of fused-ring (bicyclic) bond motifs is 2. The fourth-order valence-corrected chi connectivity index (χ4v) is 4.94. The molecule has 0 aliphatic carbocycles. The van der Waals surface area contributed by atoms with Gasteiger partial charge in [-0.05, 0) is 37.8 Å². The van der Waals surface area contributed by atoms with E-state index in [4.69, 9.17) is 11.6 Å². The van der Waals surface area contributed by atoms with Crippen LogP contribution in [0.3, 0.4) is 0 Å². The van der Waals surface area contributed by atoms with Crippen LogP contribution in [0.15, 0.2) is 24.3 Å². The van der Waals surface area contributed by atoms with E-state index in [0.29, 0.717) is 23.4 Å². The zero-order chi connectivity index (χ0) is 15.2. The molecule has 2 saturated heterocycles. The van der Waals surface area contributed by atoms with Crippen molar-refractivity contribution in [1.82, 2.24) is 4.90 Å². The van der Waals surface area contributed by atoms with Crippen molar-refractivity contribution in [2.75, 3.05) is 6.26 Å². The molecule has 0 spiro atoms. The van der Waals surface area contributed by atoms with Crippen LogP contribution in [0.25, 0.3) is 0 Å². The molecule has 1 aromatic carbocycles. The minimum Gasteiger partial charge on any atom is -0.333 e. The van der Waals surface area contributed by atoms with Crippen LogP contribution in [0.4, 0.5) is 0 Å². The molecule has 0 radical (unpaired) electrons. The summed E-state index contributed by atoms with van der Waals surface area (Å²) >= 11 is 6.11. The fraction of sp³-hybridized carbons (Fsp3) is 0.533. The number of benzene rings is 1. The third-order valence-electron chi connectivity index (χ3n) is 4.63. The average molecular weight is 328 g/mol. The lowest BCUT2D eigenvalue weighted by Gasteiger charge is -2.38. The van der Waals surface area contributed by atoms with Crippen LogP contribution in [-0.4, -0.2) is 42.8 Å². The normalized spacial score (nSPS) is 28.7. The molecule has 4 nitrogen and oxygen atoms in total. The molecular formula is C15H18ClNO3S. The van der Waals surface area contributed by atoms with Crippen molar-refractivity contribution in [3.05, 3.63) is 34.9 Å². The smallest absolute Gasteiger partial charge is 0.255 e. The van der Waals surface area contributed by atoms with E-state index in [1.54, 1.807) is 24.3 Å². The van der Waals surface area contributed by atoms with Crippen LogP contribution in [0, 0.1) is 0 Å². The van der Waals surface area contributed by atoms with Crippen LogP contribution in [0.2, 0.25) is 5.02 Å². The highest BCUT2D eigenvalue weighted by atomic mass is 35.5. The Morgan fingerprint density at radius 1 is 1.19 bits per heavy atom. The maximum atomic E-state index is 12.7. The lowest BCUT2D eigenvalue weighted by Crippen LogP contribution is -2.49. The molecule has 2 aliphatic heterocycles. The third kappa shape index (κ3) is 2.69. The first kappa shape index (κ1) is 14.9. The summed E-state index contributed by atoms with van der Waals surface area (Å²) < 4.78 is 23.6. The topological polar surface area (TPSA) is 54.5 Å². The molecule has 2 fully saturated rings. The average Bonchev–Trinajstić information content (AvgIpc) is 2.67. The van der Waals surface area contributed by atoms with Crippen molar-refractivity contribution >= 4 is 27.3 Å². The van der Waals surface area contributed by atoms with Crippen molar-refractivity contribution in [3.63, 3.8) is 0 Å². The first-order chi connectivity index (χ1) is 9.88. The Labute approximate surface area is 130 Å². The molecule has 0 aromatic heterocycles. The maximum absolute atomic E-state index is 12.7. The van der Waals surface area contributed by atoms with Gasteiger partial charge in [0.25, 0.3) is 5.91 Å². The number of rotatable bonds is 2. The van der Waals surface area contributed by atoms with E-state index in [-0.39, 0.29) is 23.2 Å². The van der Waals surface area contributed by atoms with Crippen molar-refractivity contribution in [1.29, 1.82) is 0 Å². The molecular weight excluding hydrogens is 310 g/mol. The lowest BCUT2D eigenvalue weighted by atomic mass is 10.0. The Hall–Kier alpha value is -1.07. The predicted octanol–water partition coefficient (Wildman–Crippen LogP) is 2.52. The second-order valence-corrected chi connectivity index (χ2v) is 8.73. The van der Waals surface area contributed by atoms with Gasteiger partial charge in [-0.15, -0.1) is 0 Å². The largest absolute Gasteiger partial charge is 0.333 e. The van der Waals surface area contributed by atoms with E-state index in [1.807, 2.05) is 4.90 Å². The minimum absolute atomic E-state index is 0.0206. The zero-order valence-electron chi connectivity index (χ0n) is 11.8. The summed E-state index contributed by atoms with van der Waals surface area (Å²) in [6.45, 7) is 0. The van der Waals surface area contributed by atoms with Crippen molar-refractivity contribution in [3.8, 4) is 0 Å². The second kappa shape index (κ2) is 5.29. The first-order valence-electron chi connectivity index (χ1n) is 7.14. The number of nitrogens with zero attached hydrogens (tertiary/aromatic N) is 1. The quantitative estimate of drug-likeness (QED) is 0.838. The number of carbonyl (C=O) groups is 1. The number of sulfone groups is 1. The van der Waals surface area contributed by atoms with E-state index in [2.05, 4.69) is 0 Å². The van der Waals surface area contributed by atoms with E-state index < -0.39 is 9.84 Å². The SMILES string of the molecule is CS(=O)(=O)C1C[C@H]2CC[C@@H](C1)N2C(=O)c1ccccc1Cl. The highest BCUT2D eigenvalue weighted by molar-refractivity contribution is 7.91. The number of hydrogen-bond acceptors (Lipinski definition) is 3. The number of amides is 1. The molecule has 2 aliphatic rings. The number of piperidine rings is 1. The van der Waals surface area contributed by atoms with Gasteiger partial charge >= 0.3 is 0 Å². The van der Waals surface area contributed by atoms with E-state index >= 15 is 0 Å². The summed E-state index contributed by atoms with van der Waals surface area (Å²) in [5, 5.41) is 0.137. The van der Waals surface area contributed by atoms with E-state index in [9.17, 15) is 13.2 Å². The molecule has 114 valence electrons. The molecule has 1 amide bonds. The zero-order valence-corrected chi connectivity index (χ0v) is 13.4. The fourth-order valence-electron chi connectivity index (χ4n) is 3.58. The molecule has 0 saturated carbocycles. The molecule has 1 unspecified atom stereocenters. The summed E-state index contributed by atoms with van der Waals surface area (Å²) in [7, 11) is -3.04. The first-order valence-corrected chi connectivity index (χ1v) is 9.47. The highest BCUT2D eigenvalue weighted by Crippen LogP contribution is 2.39. The summed E-state index contributed by atoms with van der Waals surface area (Å²) in [5.41, 5.74) is 0.508. The van der Waals surface area contributed by atoms with Crippen molar-refractivity contribution in [2.45, 2.75) is 43.0 Å². The van der Waals surface area contributed by atoms with Gasteiger partial charge in [-0.2, -0.15) is 0 Å². The standard InChI is InChI=1S/C15H18ClNO3S/c1-21(19,20)12-8-10-6-7-11(9-12)17(10)15(18)13-4-2-3-5-14(13)16/h2-5,10-12H,6-9H2,1H3/t10-,11+,12?. The molecule has 21 heavy (non-hydrogen) atoms. The summed E-state index contributed by atoms with van der Waals surface area (Å²) in [4.78, 5) is 14.6. The van der Waals surface area contributed by atoms with Gasteiger partial charge in [0.2, 0.25) is 0 Å². The summed E-state index contributed by atoms with van der Waals surface area (Å²) in [6.07, 6.45) is 4.15. The monoisotopic (exact) mass is 327 g/mol. The van der Waals surface area contributed by atoms with Gasteiger partial charge in [0, 0.05) is 18.3 Å². The predicted molar refractivity (Wildman–Crippen MR) is 82.3 cm³/mol. The van der Waals surface area contributed by atoms with E-state index in [1.165, 1.54) is 6.26 Å². The maximum Gasteiger partial charge on any atom is 0.255 e. The molecule has 6 heteroatoms. The van der Waals surface area contributed by atoms with Crippen LogP contribution < -0.4 is 0 Å². The second-order valence-electron chi connectivity index (χ2n) is 6.00. The van der Waals surface area contributed by atoms with Gasteiger partial charge in [-0.25, -0.2) is 8.42 Å². The van der Waals surface area contributed by atoms with Crippen LogP contribution in [-0.2, 0) is 9.84 Å². The summed E-state index contributed by atoms with van der Waals surface area (Å²) in [6, 6.07) is 7.07. The Balaban J connectivity index is 1.86. The van der Waals surface area contributed by atoms with Crippen molar-refractivity contribution in [2.24, 2.45) is 0 Å². The molecule has 2 heterocycles. The van der Waals surface area contributed by atoms with Crippen LogP contribution in [0.5, 0.6) is 0 Å². The van der Waals surface area contributed by atoms with Gasteiger partial charge in [0.1, 0.15) is 9.84 Å². The Kier molecular flexibility index (Phi) is 3.74. The Morgan fingerprint density at radius 3 is 2.29 bits per heavy atom. The van der Waals surface area contributed by atoms with Gasteiger partial charge in [-0.1, -0.05) is 23.7 Å². The molecule has 3 rings (SSSR count). The Morgan fingerprint density at radius 2 is 1.76 bits per heavy atom. The molecule has 0 N–H and O–H groups in total. The highest BCUT2D eigenvalue weighted by Gasteiger charge is 2.46. The van der Waals surface area contributed by atoms with Crippen LogP contribution >= 0.6 is 11.6 Å². The van der Waals surface area contributed by atoms with Gasteiger partial charge in [-0.3, -0.25) is 4.79 Å². The molecule has 2 bridgehead atoms. The van der Waals surface area contributed by atoms with Crippen LogP contribution in [0.1, 0.15) is 36.0 Å². The minimum atomic E-state index is -3.04. The number of carbonyl (C=O) groups excluding carboxylic acids is 1. The third-order valence-corrected chi connectivity index (χ3v) is 6.56. The van der Waals surface area contributed by atoms with Gasteiger partial charge < -0.3 is 4.90 Å². The summed E-state index contributed by atoms with van der Waals surface area (Å²) in [5.74, 6) is -0.0694. The van der Waals surface area contributed by atoms with Crippen molar-refractivity contribution < 1.29 is 13.2 Å². The Bertz CT molecular complexity index is 659. The molecule has 3 atom stereocenters. The lowest BCUT2D eigenvalue weighted by molar-refractivity contribution is 0.0598. The number of halogens is 1. The van der Waals surface area contributed by atoms with Gasteiger partial charge in [0.15, 0.2) is 0 Å². The number of hydrogen-bond donors (Lipinski definition) is 0. The molecule has 1 aromatic rings.